The summed E-state index contributed by atoms with van der Waals surface area (Å²) in [7, 11) is 3.49. The van der Waals surface area contributed by atoms with Gasteiger partial charge in [-0.05, 0) is 39.8 Å². The molecule has 0 radical (unpaired) electrons. The molecule has 10 atom stereocenters. The minimum absolute atomic E-state index is 0.00374. The third kappa shape index (κ3) is 10.6. The van der Waals surface area contributed by atoms with E-state index in [-0.39, 0.29) is 45.3 Å². The first-order valence-corrected chi connectivity index (χ1v) is 23.5. The number of benzene rings is 1. The highest BCUT2D eigenvalue weighted by Crippen LogP contribution is 2.51. The average Bonchev–Trinajstić information content (AvgIpc) is 3.40. The van der Waals surface area contributed by atoms with Crippen molar-refractivity contribution in [3.8, 4) is 5.75 Å². The number of ketones is 2. The Morgan fingerprint density at radius 1 is 0.939 bits per heavy atom. The molecule has 2 aliphatic carbocycles. The third-order valence-corrected chi connectivity index (χ3v) is 14.2. The molecule has 1 aromatic carbocycles. The first kappa shape index (κ1) is 50.5. The van der Waals surface area contributed by atoms with Crippen LogP contribution in [0.5, 0.6) is 5.75 Å². The first-order valence-electron chi connectivity index (χ1n) is 23.5. The number of carbonyl (C=O) groups excluding carboxylic acids is 4. The second-order valence-electron chi connectivity index (χ2n) is 19.1. The largest absolute Gasteiger partial charge is 0.462 e. The highest BCUT2D eigenvalue weighted by atomic mass is 16.7. The minimum Gasteiger partial charge on any atom is -0.462 e. The maximum atomic E-state index is 15.3. The summed E-state index contributed by atoms with van der Waals surface area (Å²) < 4.78 is 24.4. The number of piperazine rings is 1. The number of ether oxygens (including phenoxy) is 4. The summed E-state index contributed by atoms with van der Waals surface area (Å²) in [4.78, 5) is 59.0. The van der Waals surface area contributed by atoms with Crippen molar-refractivity contribution >= 4 is 35.3 Å². The van der Waals surface area contributed by atoms with Gasteiger partial charge in [0.1, 0.15) is 18.0 Å². The zero-order valence-electron chi connectivity index (χ0n) is 40.3. The second-order valence-corrected chi connectivity index (χ2v) is 19.1. The van der Waals surface area contributed by atoms with Crippen molar-refractivity contribution < 1.29 is 53.4 Å². The Hall–Kier alpha value is -4.87. The number of allylic oxidation sites excluding steroid dienone is 3. The zero-order valence-corrected chi connectivity index (χ0v) is 40.3. The summed E-state index contributed by atoms with van der Waals surface area (Å²) in [6, 6.07) is -0.0207. The molecule has 16 heteroatoms. The van der Waals surface area contributed by atoms with E-state index in [1.807, 2.05) is 12.1 Å². The van der Waals surface area contributed by atoms with Gasteiger partial charge in [-0.3, -0.25) is 24.2 Å². The minimum atomic E-state index is -1.97. The van der Waals surface area contributed by atoms with Gasteiger partial charge in [-0.15, -0.1) is 0 Å². The van der Waals surface area contributed by atoms with Crippen molar-refractivity contribution in [3.05, 3.63) is 69.7 Å². The molecule has 1 amide bonds. The normalized spacial score (nSPS) is 34.0. The van der Waals surface area contributed by atoms with Gasteiger partial charge in [-0.1, -0.05) is 71.6 Å². The van der Waals surface area contributed by atoms with E-state index < -0.39 is 83.4 Å². The van der Waals surface area contributed by atoms with Crippen LogP contribution in [0, 0.1) is 30.6 Å². The molecule has 4 heterocycles. The molecule has 1 aromatic rings. The molecule has 1 unspecified atom stereocenters. The van der Waals surface area contributed by atoms with Gasteiger partial charge in [-0.2, -0.15) is 5.10 Å². The lowest BCUT2D eigenvalue weighted by molar-refractivity contribution is -0.160. The molecule has 0 aromatic heterocycles. The van der Waals surface area contributed by atoms with Gasteiger partial charge in [0.2, 0.25) is 5.78 Å². The number of nitrogens with one attached hydrogen (secondary N) is 2. The molecule has 6 aliphatic rings. The van der Waals surface area contributed by atoms with E-state index in [9.17, 15) is 29.7 Å². The van der Waals surface area contributed by atoms with Crippen molar-refractivity contribution in [3.63, 3.8) is 0 Å². The van der Waals surface area contributed by atoms with Gasteiger partial charge >= 0.3 is 11.8 Å². The number of nitrogens with zero attached hydrogens (tertiary/aromatic N) is 3. The lowest BCUT2D eigenvalue weighted by Crippen LogP contribution is -2.46. The van der Waals surface area contributed by atoms with E-state index >= 15 is 4.79 Å². The Balaban J connectivity index is 1.53. The number of anilines is 1. The van der Waals surface area contributed by atoms with Crippen LogP contribution in [-0.4, -0.2) is 131 Å². The number of carbonyl (C=O) groups is 4. The predicted molar refractivity (Wildman–Crippen MR) is 250 cm³/mol. The Bertz CT molecular complexity index is 2150. The lowest BCUT2D eigenvalue weighted by Gasteiger charge is -2.38. The molecule has 0 spiro atoms. The van der Waals surface area contributed by atoms with Crippen LogP contribution in [0.15, 0.2) is 52.5 Å². The number of aliphatic hydroxyl groups excluding tert-OH is 3. The zero-order chi connectivity index (χ0) is 48.2. The van der Waals surface area contributed by atoms with Gasteiger partial charge in [0, 0.05) is 99.1 Å². The van der Waals surface area contributed by atoms with E-state index in [4.69, 9.17) is 24.0 Å². The van der Waals surface area contributed by atoms with Gasteiger partial charge in [-0.25, -0.2) is 0 Å². The number of hydrogen-bond donors (Lipinski definition) is 5. The van der Waals surface area contributed by atoms with E-state index in [1.54, 1.807) is 65.8 Å². The van der Waals surface area contributed by atoms with E-state index in [0.717, 1.165) is 51.6 Å². The highest BCUT2D eigenvalue weighted by molar-refractivity contribution is 6.22. The lowest BCUT2D eigenvalue weighted by atomic mass is 9.78. The Labute approximate surface area is 389 Å². The number of methoxy groups -OCH3 is 1. The molecule has 16 nitrogen and oxygen atoms in total. The summed E-state index contributed by atoms with van der Waals surface area (Å²) in [6.45, 7) is 15.8. The molecule has 2 fully saturated rings. The highest BCUT2D eigenvalue weighted by Gasteiger charge is 2.52. The molecule has 362 valence electrons. The smallest absolute Gasteiger partial charge is 0.312 e. The molecule has 1 saturated carbocycles. The summed E-state index contributed by atoms with van der Waals surface area (Å²) in [5, 5.41) is 48.8. The number of Topliss-reactive ketones (excluding diaryl/α,β-unsaturated/α-hetero) is 2. The van der Waals surface area contributed by atoms with Crippen molar-refractivity contribution in [2.24, 2.45) is 28.8 Å². The summed E-state index contributed by atoms with van der Waals surface area (Å²) in [6.07, 6.45) is 9.54. The molecule has 1 saturated heterocycles. The molecular formula is C50H71N5O11. The van der Waals surface area contributed by atoms with E-state index in [1.165, 1.54) is 33.4 Å². The van der Waals surface area contributed by atoms with Crippen molar-refractivity contribution in [1.82, 2.24) is 15.2 Å². The van der Waals surface area contributed by atoms with Gasteiger partial charge < -0.3 is 49.8 Å². The Morgan fingerprint density at radius 3 is 2.24 bits per heavy atom. The number of hydrogen-bond acceptors (Lipinski definition) is 15. The number of amides is 1. The molecule has 7 rings (SSSR count). The molecule has 5 bridgehead atoms. The first-order chi connectivity index (χ1) is 31.3. The molecule has 5 N–H and O–H groups in total. The quantitative estimate of drug-likeness (QED) is 0.136. The van der Waals surface area contributed by atoms with Crippen molar-refractivity contribution in [1.29, 1.82) is 0 Å². The van der Waals surface area contributed by atoms with Crippen LogP contribution in [0.2, 0.25) is 0 Å². The van der Waals surface area contributed by atoms with Crippen LogP contribution in [0.1, 0.15) is 125 Å². The average molecular weight is 918 g/mol. The number of fused-ring (bicyclic) bond motifs is 14. The maximum Gasteiger partial charge on any atom is 0.312 e. The number of hydrazone groups is 1. The number of likely N-dealkylation sites (N-methyl/N-ethyl adjacent to an activating group) is 1. The van der Waals surface area contributed by atoms with Crippen LogP contribution >= 0.6 is 0 Å². The van der Waals surface area contributed by atoms with Gasteiger partial charge in [0.25, 0.3) is 11.7 Å². The third-order valence-electron chi connectivity index (χ3n) is 14.2. The van der Waals surface area contributed by atoms with Gasteiger partial charge in [0.15, 0.2) is 0 Å². The SMILES string of the molecule is CO[C@H]1/C=C/O[C@@]2(C)Oc3c(C)c(NC4CCCCCC4)c4c(c3C2=O)C(O)C(/C=N/N2CCN(C)CC2)=C(NC(=O)/C(C)=C\C=C\[C@H](C)[C@H](O)[C@@H](C)[C@@H](O)[C@@H](C)[C@H](OC(C)=O)[C@@H]1C)C4=O. The van der Waals surface area contributed by atoms with E-state index in [2.05, 4.69) is 15.5 Å². The maximum absolute atomic E-state index is 15.3. The fraction of sp³-hybridized carbons (Fsp3) is 0.620. The molecular weight excluding hydrogens is 847 g/mol. The summed E-state index contributed by atoms with van der Waals surface area (Å²) in [5.74, 6) is -6.68. The van der Waals surface area contributed by atoms with Crippen LogP contribution in [0.3, 0.4) is 0 Å². The number of rotatable bonds is 6. The fourth-order valence-electron chi connectivity index (χ4n) is 9.87. The summed E-state index contributed by atoms with van der Waals surface area (Å²) >= 11 is 0. The van der Waals surface area contributed by atoms with Gasteiger partial charge in [0.05, 0.1) is 53.3 Å². The Morgan fingerprint density at radius 2 is 1.61 bits per heavy atom. The van der Waals surface area contributed by atoms with Crippen LogP contribution in [0.4, 0.5) is 5.69 Å². The topological polar surface area (TPSA) is 209 Å². The molecule has 4 aliphatic heterocycles. The van der Waals surface area contributed by atoms with Crippen molar-refractivity contribution in [2.45, 2.75) is 136 Å². The number of esters is 1. The number of aliphatic hydroxyl groups is 3. The second kappa shape index (κ2) is 21.4. The van der Waals surface area contributed by atoms with Crippen LogP contribution in [-0.2, 0) is 23.8 Å². The predicted octanol–water partition coefficient (Wildman–Crippen LogP) is 5.51. The fourth-order valence-corrected chi connectivity index (χ4v) is 9.87. The molecule has 66 heavy (non-hydrogen) atoms. The van der Waals surface area contributed by atoms with Crippen LogP contribution in [0.25, 0.3) is 0 Å². The Kier molecular flexibility index (Phi) is 16.4. The standard InChI is InChI=1S/C50H71N5O11/c1-27-16-15-17-28(2)49(62)53-41-35(26-51-55-23-21-54(9)22-24-55)44(59)37-38(45(41)60)40(52-34-18-13-11-12-14-19-34)30(4)47-39(37)48(61)50(8,66-47)64-25-20-36(63-10)29(3)46(65-33(7)56)32(6)43(58)31(5)42(27)57/h15-17,20,25-27,29,31-32,34,36,42-44,46,52,57-59H,11-14,18-19,21-24H2,1-10H3,(H,53,62)/b16-15+,25-20+,28-17-,51-26+/t27-,29+,31+,32+,36-,42-,43+,44?,46+,50-/m0/s1. The van der Waals surface area contributed by atoms with Crippen molar-refractivity contribution in [2.75, 3.05) is 45.7 Å². The van der Waals surface area contributed by atoms with Crippen LogP contribution < -0.4 is 15.4 Å². The van der Waals surface area contributed by atoms with E-state index in [0.29, 0.717) is 24.3 Å². The monoisotopic (exact) mass is 918 g/mol. The summed E-state index contributed by atoms with van der Waals surface area (Å²) in [5.41, 5.74) is 0.989.